The van der Waals surface area contributed by atoms with E-state index in [0.717, 1.165) is 24.8 Å². The fourth-order valence-electron chi connectivity index (χ4n) is 3.63. The Hall–Kier alpha value is -1.95. The van der Waals surface area contributed by atoms with Crippen LogP contribution < -0.4 is 4.90 Å². The number of fused-ring (bicyclic) bond motifs is 1. The molecule has 1 aliphatic heterocycles. The molecule has 0 bridgehead atoms. The zero-order valence-electron chi connectivity index (χ0n) is 14.1. The number of carbonyl (C=O) groups is 1. The first-order chi connectivity index (χ1) is 12.6. The summed E-state index contributed by atoms with van der Waals surface area (Å²) in [7, 11) is 0. The fourth-order valence-corrected chi connectivity index (χ4v) is 4.26. The second kappa shape index (κ2) is 6.99. The van der Waals surface area contributed by atoms with E-state index in [-0.39, 0.29) is 17.1 Å². The number of carbonyl (C=O) groups excluding carboxylic acids is 1. The average Bonchev–Trinajstić information content (AvgIpc) is 3.49. The lowest BCUT2D eigenvalue weighted by molar-refractivity contribution is 0.142. The van der Waals surface area contributed by atoms with Crippen molar-refractivity contribution < 1.29 is 18.3 Å². The first-order valence-corrected chi connectivity index (χ1v) is 9.52. The summed E-state index contributed by atoms with van der Waals surface area (Å²) in [6, 6.07) is 10.6. The van der Waals surface area contributed by atoms with Gasteiger partial charge in [-0.1, -0.05) is 30.3 Å². The van der Waals surface area contributed by atoms with Crippen LogP contribution in [0.2, 0.25) is 0 Å². The Morgan fingerprint density at radius 1 is 1.19 bits per heavy atom. The smallest absolute Gasteiger partial charge is 0.414 e. The predicted octanol–water partition coefficient (Wildman–Crippen LogP) is 5.60. The van der Waals surface area contributed by atoms with E-state index in [9.17, 15) is 13.6 Å². The van der Waals surface area contributed by atoms with Gasteiger partial charge in [0.05, 0.1) is 10.2 Å². The van der Waals surface area contributed by atoms with Gasteiger partial charge in [0, 0.05) is 6.04 Å². The van der Waals surface area contributed by atoms with Crippen molar-refractivity contribution in [3.63, 3.8) is 0 Å². The van der Waals surface area contributed by atoms with Crippen LogP contribution in [0.1, 0.15) is 30.4 Å². The Morgan fingerprint density at radius 2 is 1.92 bits per heavy atom. The van der Waals surface area contributed by atoms with Crippen molar-refractivity contribution in [2.75, 3.05) is 4.90 Å². The molecule has 136 valence electrons. The number of halogens is 3. The van der Waals surface area contributed by atoms with E-state index >= 15 is 0 Å². The van der Waals surface area contributed by atoms with Gasteiger partial charge in [0.2, 0.25) is 0 Å². The van der Waals surface area contributed by atoms with Crippen molar-refractivity contribution in [2.24, 2.45) is 5.92 Å². The number of ether oxygens (including phenoxy) is 1. The number of anilines is 1. The van der Waals surface area contributed by atoms with Gasteiger partial charge in [-0.05, 0) is 64.7 Å². The van der Waals surface area contributed by atoms with Gasteiger partial charge in [0.1, 0.15) is 6.61 Å². The summed E-state index contributed by atoms with van der Waals surface area (Å²) in [5.41, 5.74) is 1.92. The topological polar surface area (TPSA) is 29.5 Å². The second-order valence-corrected chi connectivity index (χ2v) is 7.64. The van der Waals surface area contributed by atoms with Crippen LogP contribution in [-0.2, 0) is 17.8 Å². The molecule has 2 aromatic rings. The summed E-state index contributed by atoms with van der Waals surface area (Å²) in [6.45, 7) is 0.143. The van der Waals surface area contributed by atoms with E-state index in [1.807, 2.05) is 30.3 Å². The van der Waals surface area contributed by atoms with E-state index < -0.39 is 17.7 Å². The highest BCUT2D eigenvalue weighted by atomic mass is 79.9. The highest BCUT2D eigenvalue weighted by molar-refractivity contribution is 9.10. The molecule has 0 saturated heterocycles. The fraction of sp³-hybridized carbons (Fsp3) is 0.350. The highest BCUT2D eigenvalue weighted by Gasteiger charge is 2.43. The number of aryl methyl sites for hydroxylation is 1. The minimum Gasteiger partial charge on any atom is -0.444 e. The summed E-state index contributed by atoms with van der Waals surface area (Å²) in [4.78, 5) is 14.4. The van der Waals surface area contributed by atoms with Crippen molar-refractivity contribution in [1.82, 2.24) is 0 Å². The van der Waals surface area contributed by atoms with E-state index in [1.54, 1.807) is 0 Å². The van der Waals surface area contributed by atoms with Gasteiger partial charge in [-0.25, -0.2) is 13.6 Å². The lowest BCUT2D eigenvalue weighted by atomic mass is 9.93. The Labute approximate surface area is 159 Å². The maximum atomic E-state index is 14.1. The standard InChI is InChI=1S/C20H18BrF2NO2/c21-17-18(23)15(22)10-14-8-9-16(13-6-7-13)24(19(14)17)20(25)26-11-12-4-2-1-3-5-12/h1-5,10,13,16H,6-9,11H2. The van der Waals surface area contributed by atoms with E-state index in [0.29, 0.717) is 23.6 Å². The molecule has 1 heterocycles. The van der Waals surface area contributed by atoms with Gasteiger partial charge in [0.25, 0.3) is 0 Å². The van der Waals surface area contributed by atoms with Crippen LogP contribution >= 0.6 is 15.9 Å². The molecule has 1 unspecified atom stereocenters. The number of rotatable bonds is 3. The molecule has 1 atom stereocenters. The first kappa shape index (κ1) is 17.5. The molecule has 0 N–H and O–H groups in total. The third-order valence-electron chi connectivity index (χ3n) is 5.07. The third-order valence-corrected chi connectivity index (χ3v) is 5.79. The van der Waals surface area contributed by atoms with Crippen molar-refractivity contribution in [3.8, 4) is 0 Å². The molecular weight excluding hydrogens is 404 g/mol. The Kier molecular flexibility index (Phi) is 4.69. The highest BCUT2D eigenvalue weighted by Crippen LogP contribution is 2.46. The molecule has 26 heavy (non-hydrogen) atoms. The number of nitrogens with zero attached hydrogens (tertiary/aromatic N) is 1. The summed E-state index contributed by atoms with van der Waals surface area (Å²) in [5, 5.41) is 0. The lowest BCUT2D eigenvalue weighted by Crippen LogP contribution is -2.45. The predicted molar refractivity (Wildman–Crippen MR) is 98.0 cm³/mol. The minimum atomic E-state index is -0.971. The number of amides is 1. The average molecular weight is 422 g/mol. The maximum Gasteiger partial charge on any atom is 0.414 e. The largest absolute Gasteiger partial charge is 0.444 e. The monoisotopic (exact) mass is 421 g/mol. The van der Waals surface area contributed by atoms with Crippen molar-refractivity contribution in [2.45, 2.75) is 38.3 Å². The van der Waals surface area contributed by atoms with Crippen molar-refractivity contribution >= 4 is 27.7 Å². The first-order valence-electron chi connectivity index (χ1n) is 8.72. The third kappa shape index (κ3) is 3.22. The summed E-state index contributed by atoms with van der Waals surface area (Å²) >= 11 is 3.15. The maximum absolute atomic E-state index is 14.1. The molecule has 4 rings (SSSR count). The zero-order valence-corrected chi connectivity index (χ0v) is 15.6. The van der Waals surface area contributed by atoms with Crippen LogP contribution in [0.3, 0.4) is 0 Å². The quantitative estimate of drug-likeness (QED) is 0.604. The van der Waals surface area contributed by atoms with Gasteiger partial charge in [-0.3, -0.25) is 4.90 Å². The molecule has 6 heteroatoms. The van der Waals surface area contributed by atoms with Gasteiger partial charge >= 0.3 is 6.09 Å². The molecule has 2 aliphatic rings. The Balaban J connectivity index is 1.65. The molecule has 0 aromatic heterocycles. The lowest BCUT2D eigenvalue weighted by Gasteiger charge is -2.37. The molecule has 0 spiro atoms. The number of hydrogen-bond donors (Lipinski definition) is 0. The van der Waals surface area contributed by atoms with Crippen molar-refractivity contribution in [1.29, 1.82) is 0 Å². The van der Waals surface area contributed by atoms with Gasteiger partial charge in [-0.2, -0.15) is 0 Å². The van der Waals surface area contributed by atoms with E-state index in [1.165, 1.54) is 11.0 Å². The molecule has 1 fully saturated rings. The van der Waals surface area contributed by atoms with Crippen LogP contribution in [0.15, 0.2) is 40.9 Å². The molecule has 1 saturated carbocycles. The summed E-state index contributed by atoms with van der Waals surface area (Å²) < 4.78 is 33.4. The molecule has 3 nitrogen and oxygen atoms in total. The molecule has 2 aromatic carbocycles. The Morgan fingerprint density at radius 3 is 2.62 bits per heavy atom. The molecule has 1 amide bonds. The summed E-state index contributed by atoms with van der Waals surface area (Å²) in [5.74, 6) is -1.48. The van der Waals surface area contributed by atoms with Crippen LogP contribution in [0.5, 0.6) is 0 Å². The zero-order chi connectivity index (χ0) is 18.3. The van der Waals surface area contributed by atoms with Crippen molar-refractivity contribution in [3.05, 3.63) is 63.6 Å². The van der Waals surface area contributed by atoms with Crippen LogP contribution in [0.4, 0.5) is 19.3 Å². The van der Waals surface area contributed by atoms with Crippen LogP contribution in [0.25, 0.3) is 0 Å². The number of hydrogen-bond acceptors (Lipinski definition) is 2. The normalized spacial score (nSPS) is 19.2. The van der Waals surface area contributed by atoms with E-state index in [4.69, 9.17) is 4.74 Å². The number of benzene rings is 2. The summed E-state index contributed by atoms with van der Waals surface area (Å²) in [6.07, 6.45) is 2.93. The van der Waals surface area contributed by atoms with Crippen LogP contribution in [-0.4, -0.2) is 12.1 Å². The van der Waals surface area contributed by atoms with Gasteiger partial charge in [-0.15, -0.1) is 0 Å². The van der Waals surface area contributed by atoms with Crippen LogP contribution in [0, 0.1) is 17.6 Å². The van der Waals surface area contributed by atoms with E-state index in [2.05, 4.69) is 15.9 Å². The van der Waals surface area contributed by atoms with Gasteiger partial charge in [0.15, 0.2) is 11.6 Å². The second-order valence-electron chi connectivity index (χ2n) is 6.85. The molecule has 1 aliphatic carbocycles. The Bertz CT molecular complexity index is 839. The minimum absolute atomic E-state index is 0.00508. The molecular formula is C20H18BrF2NO2. The SMILES string of the molecule is O=C(OCc1ccccc1)N1c2c(cc(F)c(F)c2Br)CCC1C1CC1. The molecule has 0 radical (unpaired) electrons. The van der Waals surface area contributed by atoms with Gasteiger partial charge < -0.3 is 4.74 Å².